The van der Waals surface area contributed by atoms with Crippen molar-refractivity contribution in [2.45, 2.75) is 32.4 Å². The van der Waals surface area contributed by atoms with Crippen molar-refractivity contribution in [3.8, 4) is 22.8 Å². The summed E-state index contributed by atoms with van der Waals surface area (Å²) >= 11 is 6.24. The smallest absolute Gasteiger partial charge is 0.207 e. The maximum Gasteiger partial charge on any atom is 0.207 e. The summed E-state index contributed by atoms with van der Waals surface area (Å²) in [6, 6.07) is 12.1. The molecule has 0 unspecified atom stereocenters. The summed E-state index contributed by atoms with van der Waals surface area (Å²) in [6.45, 7) is 4.33. The molecule has 1 heterocycles. The molecule has 31 heavy (non-hydrogen) atoms. The Labute approximate surface area is 191 Å². The molecule has 0 aliphatic heterocycles. The average molecular weight is 467 g/mol. The van der Waals surface area contributed by atoms with Crippen LogP contribution >= 0.6 is 24.0 Å². The van der Waals surface area contributed by atoms with Gasteiger partial charge in [-0.05, 0) is 55.3 Å². The van der Waals surface area contributed by atoms with Crippen LogP contribution in [0.5, 0.6) is 11.5 Å². The summed E-state index contributed by atoms with van der Waals surface area (Å²) in [4.78, 5) is 10.5. The highest BCUT2D eigenvalue weighted by Crippen LogP contribution is 2.37. The molecule has 0 saturated carbocycles. The van der Waals surface area contributed by atoms with Gasteiger partial charge in [0, 0.05) is 30.4 Å². The van der Waals surface area contributed by atoms with Crippen LogP contribution in [0.4, 0.5) is 4.39 Å². The van der Waals surface area contributed by atoms with Crippen LogP contribution in [0.2, 0.25) is 5.02 Å². The predicted molar refractivity (Wildman–Crippen MR) is 122 cm³/mol. The topological polar surface area (TPSA) is 79.0 Å². The van der Waals surface area contributed by atoms with E-state index in [1.165, 1.54) is 0 Å². The summed E-state index contributed by atoms with van der Waals surface area (Å²) in [6.07, 6.45) is 2.97. The molecular weight excluding hydrogens is 442 g/mol. The van der Waals surface area contributed by atoms with Crippen molar-refractivity contribution in [2.75, 3.05) is 6.54 Å². The molecule has 0 bridgehead atoms. The second-order valence-electron chi connectivity index (χ2n) is 6.93. The Morgan fingerprint density at radius 3 is 2.58 bits per heavy atom. The SMILES string of the molecule is CC[C@@H](N[C@@H](C)CNC=O)c1ccc(Cl)c(Oc2ccc(-c3ccn[nH]3)cc2)c1F.Cl. The third-order valence-corrected chi connectivity index (χ3v) is 5.04. The molecule has 3 N–H and O–H groups in total. The summed E-state index contributed by atoms with van der Waals surface area (Å²) in [5.41, 5.74) is 2.28. The monoisotopic (exact) mass is 466 g/mol. The fourth-order valence-electron chi connectivity index (χ4n) is 3.20. The van der Waals surface area contributed by atoms with E-state index in [2.05, 4.69) is 20.8 Å². The number of halogens is 3. The van der Waals surface area contributed by atoms with Gasteiger partial charge in [-0.1, -0.05) is 24.6 Å². The molecular formula is C22H25Cl2FN4O2. The minimum Gasteiger partial charge on any atom is -0.453 e. The van der Waals surface area contributed by atoms with Crippen LogP contribution in [-0.4, -0.2) is 29.2 Å². The van der Waals surface area contributed by atoms with Gasteiger partial charge >= 0.3 is 0 Å². The van der Waals surface area contributed by atoms with Crippen molar-refractivity contribution < 1.29 is 13.9 Å². The molecule has 6 nitrogen and oxygen atoms in total. The van der Waals surface area contributed by atoms with Gasteiger partial charge in [0.2, 0.25) is 6.41 Å². The van der Waals surface area contributed by atoms with E-state index in [1.54, 1.807) is 30.5 Å². The van der Waals surface area contributed by atoms with Gasteiger partial charge in [-0.3, -0.25) is 9.89 Å². The van der Waals surface area contributed by atoms with E-state index in [4.69, 9.17) is 16.3 Å². The van der Waals surface area contributed by atoms with Crippen LogP contribution in [0.25, 0.3) is 11.3 Å². The molecule has 0 saturated heterocycles. The van der Waals surface area contributed by atoms with Crippen LogP contribution in [0.15, 0.2) is 48.7 Å². The quantitative estimate of drug-likeness (QED) is 0.356. The van der Waals surface area contributed by atoms with Crippen LogP contribution in [0, 0.1) is 5.82 Å². The first-order valence-corrected chi connectivity index (χ1v) is 10.1. The Bertz CT molecular complexity index is 968. The normalized spacial score (nSPS) is 12.5. The zero-order valence-electron chi connectivity index (χ0n) is 17.2. The first-order valence-electron chi connectivity index (χ1n) is 9.72. The number of nitrogens with one attached hydrogen (secondary N) is 3. The maximum absolute atomic E-state index is 15.3. The summed E-state index contributed by atoms with van der Waals surface area (Å²) in [5.74, 6) is -0.0433. The van der Waals surface area contributed by atoms with Crippen molar-refractivity contribution in [2.24, 2.45) is 0 Å². The van der Waals surface area contributed by atoms with E-state index < -0.39 is 5.82 Å². The first-order chi connectivity index (χ1) is 14.5. The number of amides is 1. The van der Waals surface area contributed by atoms with Gasteiger partial charge < -0.3 is 15.4 Å². The number of hydrogen-bond acceptors (Lipinski definition) is 4. The highest BCUT2D eigenvalue weighted by atomic mass is 35.5. The molecule has 3 rings (SSSR count). The Balaban J connectivity index is 0.00000341. The number of H-pyrrole nitrogens is 1. The third-order valence-electron chi connectivity index (χ3n) is 4.74. The van der Waals surface area contributed by atoms with E-state index in [-0.39, 0.29) is 35.3 Å². The number of nitrogens with zero attached hydrogens (tertiary/aromatic N) is 1. The maximum atomic E-state index is 15.3. The standard InChI is InChI=1S/C22H24ClFN4O2.ClH/c1-3-19(27-14(2)12-25-13-29)17-8-9-18(23)22(21(17)24)30-16-6-4-15(5-7-16)20-10-11-26-28-20;/h4-11,13-14,19,27H,3,12H2,1-2H3,(H,25,29)(H,26,28);1H/t14-,19+;/m0./s1. The second-order valence-corrected chi connectivity index (χ2v) is 7.34. The van der Waals surface area contributed by atoms with Gasteiger partial charge in [-0.25, -0.2) is 4.39 Å². The van der Waals surface area contributed by atoms with E-state index in [0.29, 0.717) is 30.7 Å². The van der Waals surface area contributed by atoms with Crippen LogP contribution in [0.3, 0.4) is 0 Å². The van der Waals surface area contributed by atoms with Gasteiger partial charge in [0.05, 0.1) is 10.7 Å². The van der Waals surface area contributed by atoms with Gasteiger partial charge in [0.25, 0.3) is 0 Å². The number of benzene rings is 2. The van der Waals surface area contributed by atoms with Crippen molar-refractivity contribution >= 4 is 30.4 Å². The van der Waals surface area contributed by atoms with Gasteiger partial charge in [0.15, 0.2) is 11.6 Å². The molecule has 0 aliphatic carbocycles. The minimum absolute atomic E-state index is 0. The van der Waals surface area contributed by atoms with E-state index in [0.717, 1.165) is 11.3 Å². The zero-order chi connectivity index (χ0) is 21.5. The number of rotatable bonds is 10. The lowest BCUT2D eigenvalue weighted by molar-refractivity contribution is -0.109. The Hall–Kier alpha value is -2.61. The second kappa shape index (κ2) is 11.7. The molecule has 9 heteroatoms. The van der Waals surface area contributed by atoms with Crippen molar-refractivity contribution in [1.82, 2.24) is 20.8 Å². The highest BCUT2D eigenvalue weighted by molar-refractivity contribution is 6.32. The summed E-state index contributed by atoms with van der Waals surface area (Å²) < 4.78 is 21.1. The predicted octanol–water partition coefficient (Wildman–Crippen LogP) is 5.26. The fraction of sp³-hybridized carbons (Fsp3) is 0.273. The first kappa shape index (κ1) is 24.7. The number of hydrogen-bond donors (Lipinski definition) is 3. The third kappa shape index (κ3) is 6.19. The number of carbonyl (C=O) groups is 1. The van der Waals surface area contributed by atoms with E-state index in [9.17, 15) is 4.79 Å². The minimum atomic E-state index is -0.505. The lowest BCUT2D eigenvalue weighted by atomic mass is 10.0. The van der Waals surface area contributed by atoms with Gasteiger partial charge in [0.1, 0.15) is 5.75 Å². The number of ether oxygens (including phenoxy) is 1. The van der Waals surface area contributed by atoms with Crippen LogP contribution in [-0.2, 0) is 4.79 Å². The lowest BCUT2D eigenvalue weighted by Gasteiger charge is -2.24. The Morgan fingerprint density at radius 1 is 1.23 bits per heavy atom. The van der Waals surface area contributed by atoms with Crippen LogP contribution < -0.4 is 15.4 Å². The molecule has 0 aliphatic rings. The Morgan fingerprint density at radius 2 is 1.97 bits per heavy atom. The molecule has 0 spiro atoms. The molecule has 1 aromatic heterocycles. The molecule has 166 valence electrons. The number of carbonyl (C=O) groups excluding carboxylic acids is 1. The molecule has 0 radical (unpaired) electrons. The molecule has 3 aromatic rings. The Kier molecular flexibility index (Phi) is 9.30. The van der Waals surface area contributed by atoms with E-state index in [1.807, 2.05) is 32.0 Å². The van der Waals surface area contributed by atoms with Gasteiger partial charge in [-0.15, -0.1) is 12.4 Å². The molecule has 0 fully saturated rings. The van der Waals surface area contributed by atoms with Crippen molar-refractivity contribution in [1.29, 1.82) is 0 Å². The van der Waals surface area contributed by atoms with Crippen molar-refractivity contribution in [3.63, 3.8) is 0 Å². The largest absolute Gasteiger partial charge is 0.453 e. The van der Waals surface area contributed by atoms with Gasteiger partial charge in [-0.2, -0.15) is 5.10 Å². The average Bonchev–Trinajstić information content (AvgIpc) is 3.29. The zero-order valence-corrected chi connectivity index (χ0v) is 18.8. The fourth-order valence-corrected chi connectivity index (χ4v) is 3.39. The van der Waals surface area contributed by atoms with Crippen LogP contribution in [0.1, 0.15) is 31.9 Å². The summed E-state index contributed by atoms with van der Waals surface area (Å²) in [5, 5.41) is 13.0. The summed E-state index contributed by atoms with van der Waals surface area (Å²) in [7, 11) is 0. The highest BCUT2D eigenvalue weighted by Gasteiger charge is 2.21. The molecule has 1 amide bonds. The number of aromatic amines is 1. The number of aromatic nitrogens is 2. The molecule has 2 atom stereocenters. The van der Waals surface area contributed by atoms with E-state index >= 15 is 4.39 Å². The lowest BCUT2D eigenvalue weighted by Crippen LogP contribution is -2.38. The molecule has 2 aromatic carbocycles. The van der Waals surface area contributed by atoms with Crippen molar-refractivity contribution in [3.05, 3.63) is 65.1 Å².